The van der Waals surface area contributed by atoms with Crippen LogP contribution < -0.4 is 11.2 Å². The van der Waals surface area contributed by atoms with Gasteiger partial charge in [0.15, 0.2) is 0 Å². The second kappa shape index (κ2) is 6.89. The molecule has 0 spiro atoms. The molecule has 4 N–H and O–H groups in total. The number of hydrogen-bond donors (Lipinski definition) is 3. The Morgan fingerprint density at radius 1 is 1.41 bits per heavy atom. The van der Waals surface area contributed by atoms with Crippen molar-refractivity contribution in [2.45, 2.75) is 52.6 Å². The Kier molecular flexibility index (Phi) is 5.15. The van der Waals surface area contributed by atoms with E-state index in [-0.39, 0.29) is 0 Å². The van der Waals surface area contributed by atoms with Gasteiger partial charge in [-0.15, -0.1) is 0 Å². The SMILES string of the molecule is CCCn1c(CCC(N)C(=O)NO)nc2cc(C)c(C)cc21. The molecular weight excluding hydrogens is 280 g/mol. The highest BCUT2D eigenvalue weighted by Crippen LogP contribution is 2.22. The highest BCUT2D eigenvalue weighted by molar-refractivity contribution is 5.80. The van der Waals surface area contributed by atoms with Gasteiger partial charge in [-0.05, 0) is 49.9 Å². The van der Waals surface area contributed by atoms with Gasteiger partial charge in [0.25, 0.3) is 5.91 Å². The van der Waals surface area contributed by atoms with Crippen molar-refractivity contribution in [2.75, 3.05) is 0 Å². The van der Waals surface area contributed by atoms with Gasteiger partial charge < -0.3 is 10.3 Å². The number of imidazole rings is 1. The van der Waals surface area contributed by atoms with Gasteiger partial charge in [-0.2, -0.15) is 0 Å². The summed E-state index contributed by atoms with van der Waals surface area (Å²) in [6, 6.07) is 3.53. The molecule has 1 aromatic heterocycles. The van der Waals surface area contributed by atoms with Crippen LogP contribution in [-0.2, 0) is 17.8 Å². The van der Waals surface area contributed by atoms with Crippen LogP contribution in [0.25, 0.3) is 11.0 Å². The van der Waals surface area contributed by atoms with Crippen molar-refractivity contribution in [3.8, 4) is 0 Å². The summed E-state index contributed by atoms with van der Waals surface area (Å²) in [4.78, 5) is 16.0. The summed E-state index contributed by atoms with van der Waals surface area (Å²) in [5.41, 5.74) is 11.9. The molecule has 0 aliphatic carbocycles. The van der Waals surface area contributed by atoms with Crippen LogP contribution in [0.5, 0.6) is 0 Å². The largest absolute Gasteiger partial charge is 0.328 e. The smallest absolute Gasteiger partial charge is 0.260 e. The molecule has 0 saturated carbocycles. The van der Waals surface area contributed by atoms with E-state index in [1.165, 1.54) is 11.1 Å². The highest BCUT2D eigenvalue weighted by Gasteiger charge is 2.16. The first-order chi connectivity index (χ1) is 10.5. The minimum absolute atomic E-state index is 0.442. The maximum absolute atomic E-state index is 11.3. The first kappa shape index (κ1) is 16.5. The van der Waals surface area contributed by atoms with Crippen LogP contribution in [0.3, 0.4) is 0 Å². The zero-order valence-corrected chi connectivity index (χ0v) is 13.4. The van der Waals surface area contributed by atoms with E-state index in [1.54, 1.807) is 5.48 Å². The lowest BCUT2D eigenvalue weighted by molar-refractivity contribution is -0.130. The number of fused-ring (bicyclic) bond motifs is 1. The fourth-order valence-electron chi connectivity index (χ4n) is 2.59. The van der Waals surface area contributed by atoms with Crippen LogP contribution in [0.1, 0.15) is 36.7 Å². The Hall–Kier alpha value is -1.92. The van der Waals surface area contributed by atoms with Crippen molar-refractivity contribution >= 4 is 16.9 Å². The third kappa shape index (κ3) is 3.28. The van der Waals surface area contributed by atoms with Crippen molar-refractivity contribution in [3.63, 3.8) is 0 Å². The number of nitrogens with one attached hydrogen (secondary N) is 1. The van der Waals surface area contributed by atoms with Crippen LogP contribution in [0.4, 0.5) is 0 Å². The Morgan fingerprint density at radius 2 is 2.09 bits per heavy atom. The summed E-state index contributed by atoms with van der Waals surface area (Å²) in [5.74, 6) is 0.368. The van der Waals surface area contributed by atoms with Crippen molar-refractivity contribution in [3.05, 3.63) is 29.1 Å². The average Bonchev–Trinajstić information content (AvgIpc) is 2.82. The molecule has 22 heavy (non-hydrogen) atoms. The van der Waals surface area contributed by atoms with E-state index in [9.17, 15) is 4.79 Å². The van der Waals surface area contributed by atoms with Crippen molar-refractivity contribution in [2.24, 2.45) is 5.73 Å². The van der Waals surface area contributed by atoms with Gasteiger partial charge in [0, 0.05) is 13.0 Å². The number of nitrogens with zero attached hydrogens (tertiary/aromatic N) is 2. The molecule has 0 saturated heterocycles. The number of aromatic nitrogens is 2. The van der Waals surface area contributed by atoms with Gasteiger partial charge in [-0.25, -0.2) is 10.5 Å². The minimum atomic E-state index is -0.733. The van der Waals surface area contributed by atoms with E-state index in [0.29, 0.717) is 12.8 Å². The molecule has 0 aliphatic rings. The zero-order valence-electron chi connectivity index (χ0n) is 13.4. The lowest BCUT2D eigenvalue weighted by Gasteiger charge is -2.11. The van der Waals surface area contributed by atoms with Crippen LogP contribution in [0, 0.1) is 13.8 Å². The minimum Gasteiger partial charge on any atom is -0.328 e. The molecule has 1 amide bonds. The van der Waals surface area contributed by atoms with Crippen LogP contribution in [0.2, 0.25) is 0 Å². The number of hydroxylamine groups is 1. The van der Waals surface area contributed by atoms with Gasteiger partial charge in [0.1, 0.15) is 5.82 Å². The molecule has 1 heterocycles. The number of aryl methyl sites for hydroxylation is 4. The summed E-state index contributed by atoms with van der Waals surface area (Å²) in [7, 11) is 0. The van der Waals surface area contributed by atoms with Gasteiger partial charge >= 0.3 is 0 Å². The van der Waals surface area contributed by atoms with Crippen LogP contribution in [0.15, 0.2) is 12.1 Å². The third-order valence-electron chi connectivity index (χ3n) is 4.02. The number of carbonyl (C=O) groups is 1. The number of carbonyl (C=O) groups excluding carboxylic acids is 1. The molecule has 1 atom stereocenters. The number of benzene rings is 1. The van der Waals surface area contributed by atoms with E-state index >= 15 is 0 Å². The Bertz CT molecular complexity index is 678. The molecule has 0 radical (unpaired) electrons. The van der Waals surface area contributed by atoms with Gasteiger partial charge in [-0.1, -0.05) is 6.92 Å². The maximum Gasteiger partial charge on any atom is 0.260 e. The number of nitrogens with two attached hydrogens (primary N) is 1. The lowest BCUT2D eigenvalue weighted by atomic mass is 10.1. The number of hydrogen-bond acceptors (Lipinski definition) is 4. The predicted octanol–water partition coefficient (Wildman–Crippen LogP) is 1.83. The quantitative estimate of drug-likeness (QED) is 0.560. The summed E-state index contributed by atoms with van der Waals surface area (Å²) >= 11 is 0. The monoisotopic (exact) mass is 304 g/mol. The standard InChI is InChI=1S/C16H24N4O2/c1-4-7-20-14-9-11(3)10(2)8-13(14)18-15(20)6-5-12(17)16(21)19-22/h8-9,12,22H,4-7,17H2,1-3H3,(H,19,21). The Balaban J connectivity index is 2.32. The van der Waals surface area contributed by atoms with Gasteiger partial charge in [-0.3, -0.25) is 10.0 Å². The van der Waals surface area contributed by atoms with Crippen LogP contribution in [-0.4, -0.2) is 26.7 Å². The fourth-order valence-corrected chi connectivity index (χ4v) is 2.59. The van der Waals surface area contributed by atoms with Crippen molar-refractivity contribution in [1.29, 1.82) is 0 Å². The molecule has 1 unspecified atom stereocenters. The Labute approximate surface area is 130 Å². The molecular formula is C16H24N4O2. The average molecular weight is 304 g/mol. The van der Waals surface area contributed by atoms with E-state index in [4.69, 9.17) is 15.9 Å². The van der Waals surface area contributed by atoms with Crippen molar-refractivity contribution in [1.82, 2.24) is 15.0 Å². The molecule has 0 aliphatic heterocycles. The Morgan fingerprint density at radius 3 is 2.73 bits per heavy atom. The predicted molar refractivity (Wildman–Crippen MR) is 85.7 cm³/mol. The second-order valence-electron chi connectivity index (χ2n) is 5.73. The summed E-state index contributed by atoms with van der Waals surface area (Å²) in [6.45, 7) is 7.19. The maximum atomic E-state index is 11.3. The van der Waals surface area contributed by atoms with E-state index in [1.807, 2.05) is 0 Å². The fraction of sp³-hybridized carbons (Fsp3) is 0.500. The molecule has 6 nitrogen and oxygen atoms in total. The van der Waals surface area contributed by atoms with E-state index in [2.05, 4.69) is 37.5 Å². The molecule has 6 heteroatoms. The third-order valence-corrected chi connectivity index (χ3v) is 4.02. The molecule has 0 bridgehead atoms. The second-order valence-corrected chi connectivity index (χ2v) is 5.73. The van der Waals surface area contributed by atoms with E-state index < -0.39 is 11.9 Å². The molecule has 2 rings (SSSR count). The summed E-state index contributed by atoms with van der Waals surface area (Å²) in [6.07, 6.45) is 2.05. The van der Waals surface area contributed by atoms with Gasteiger partial charge in [0.2, 0.25) is 0 Å². The normalized spacial score (nSPS) is 12.6. The topological polar surface area (TPSA) is 93.2 Å². The molecule has 120 valence electrons. The van der Waals surface area contributed by atoms with Crippen molar-refractivity contribution < 1.29 is 10.0 Å². The number of amides is 1. The first-order valence-corrected chi connectivity index (χ1v) is 7.63. The molecule has 2 aromatic rings. The lowest BCUT2D eigenvalue weighted by Crippen LogP contribution is -2.39. The summed E-state index contributed by atoms with van der Waals surface area (Å²) in [5, 5.41) is 8.62. The number of rotatable bonds is 6. The van der Waals surface area contributed by atoms with Crippen LogP contribution >= 0.6 is 0 Å². The van der Waals surface area contributed by atoms with Gasteiger partial charge in [0.05, 0.1) is 17.1 Å². The molecule has 1 aromatic carbocycles. The highest BCUT2D eigenvalue weighted by atomic mass is 16.5. The van der Waals surface area contributed by atoms with E-state index in [0.717, 1.165) is 29.8 Å². The summed E-state index contributed by atoms with van der Waals surface area (Å²) < 4.78 is 2.20. The first-order valence-electron chi connectivity index (χ1n) is 7.63. The molecule has 0 fully saturated rings. The zero-order chi connectivity index (χ0) is 16.3.